The van der Waals surface area contributed by atoms with E-state index in [4.69, 9.17) is 5.11 Å². The second kappa shape index (κ2) is 6.41. The molecule has 0 aliphatic carbocycles. The van der Waals surface area contributed by atoms with Crippen molar-refractivity contribution in [1.82, 2.24) is 10.2 Å². The van der Waals surface area contributed by atoms with E-state index in [1.807, 2.05) is 0 Å². The van der Waals surface area contributed by atoms with Crippen LogP contribution in [-0.4, -0.2) is 40.9 Å². The molecule has 1 heterocycles. The standard InChI is InChI=1S/C10H13N3O4/c1-17-10(16)7-4-5-8(13-12-7)11-6-2-3-9(14)15/h4-5H,2-3,6H2,1H3,(H,11,13)(H,14,15). The quantitative estimate of drug-likeness (QED) is 0.551. The maximum Gasteiger partial charge on any atom is 0.358 e. The van der Waals surface area contributed by atoms with Crippen LogP contribution in [0.15, 0.2) is 12.1 Å². The number of hydrogen-bond donors (Lipinski definition) is 2. The first kappa shape index (κ1) is 12.9. The minimum absolute atomic E-state index is 0.0979. The van der Waals surface area contributed by atoms with Crippen LogP contribution in [-0.2, 0) is 9.53 Å². The summed E-state index contributed by atoms with van der Waals surface area (Å²) < 4.78 is 4.47. The van der Waals surface area contributed by atoms with Gasteiger partial charge < -0.3 is 15.2 Å². The zero-order valence-corrected chi connectivity index (χ0v) is 9.34. The van der Waals surface area contributed by atoms with Gasteiger partial charge in [-0.25, -0.2) is 4.79 Å². The van der Waals surface area contributed by atoms with Gasteiger partial charge in [0.2, 0.25) is 0 Å². The Morgan fingerprint density at radius 3 is 2.71 bits per heavy atom. The SMILES string of the molecule is COC(=O)c1ccc(NCCCC(=O)O)nn1. The third-order valence-electron chi connectivity index (χ3n) is 1.93. The summed E-state index contributed by atoms with van der Waals surface area (Å²) in [5, 5.41) is 18.7. The number of carboxylic acid groups (broad SMARTS) is 1. The fourth-order valence-corrected chi connectivity index (χ4v) is 1.10. The van der Waals surface area contributed by atoms with Crippen molar-refractivity contribution in [1.29, 1.82) is 0 Å². The topological polar surface area (TPSA) is 101 Å². The van der Waals surface area contributed by atoms with Gasteiger partial charge >= 0.3 is 11.9 Å². The van der Waals surface area contributed by atoms with Crippen molar-refractivity contribution < 1.29 is 19.4 Å². The van der Waals surface area contributed by atoms with E-state index >= 15 is 0 Å². The minimum atomic E-state index is -0.834. The predicted octanol–water partition coefficient (Wildman–Crippen LogP) is 0.540. The van der Waals surface area contributed by atoms with Crippen molar-refractivity contribution in [3.05, 3.63) is 17.8 Å². The number of aromatic nitrogens is 2. The molecule has 0 bridgehead atoms. The smallest absolute Gasteiger partial charge is 0.358 e. The van der Waals surface area contributed by atoms with Gasteiger partial charge in [0, 0.05) is 13.0 Å². The molecule has 1 rings (SSSR count). The van der Waals surface area contributed by atoms with Crippen LogP contribution in [0.5, 0.6) is 0 Å². The number of carbonyl (C=O) groups excluding carboxylic acids is 1. The average molecular weight is 239 g/mol. The summed E-state index contributed by atoms with van der Waals surface area (Å²) in [7, 11) is 1.27. The van der Waals surface area contributed by atoms with Gasteiger partial charge in [0.05, 0.1) is 7.11 Å². The van der Waals surface area contributed by atoms with Crippen molar-refractivity contribution in [3.63, 3.8) is 0 Å². The monoisotopic (exact) mass is 239 g/mol. The number of rotatable bonds is 6. The summed E-state index contributed by atoms with van der Waals surface area (Å²) in [4.78, 5) is 21.3. The van der Waals surface area contributed by atoms with Crippen molar-refractivity contribution in [2.75, 3.05) is 19.0 Å². The van der Waals surface area contributed by atoms with Gasteiger partial charge in [-0.05, 0) is 18.6 Å². The van der Waals surface area contributed by atoms with E-state index in [0.717, 1.165) is 0 Å². The van der Waals surface area contributed by atoms with Gasteiger partial charge in [-0.15, -0.1) is 10.2 Å². The van der Waals surface area contributed by atoms with Crippen molar-refractivity contribution >= 4 is 17.8 Å². The van der Waals surface area contributed by atoms with E-state index < -0.39 is 11.9 Å². The first-order valence-electron chi connectivity index (χ1n) is 5.01. The highest BCUT2D eigenvalue weighted by atomic mass is 16.5. The molecular formula is C10H13N3O4. The van der Waals surface area contributed by atoms with Crippen molar-refractivity contribution in [2.24, 2.45) is 0 Å². The maximum absolute atomic E-state index is 11.0. The number of ether oxygens (including phenoxy) is 1. The predicted molar refractivity (Wildman–Crippen MR) is 58.7 cm³/mol. The van der Waals surface area contributed by atoms with E-state index in [9.17, 15) is 9.59 Å². The number of anilines is 1. The van der Waals surface area contributed by atoms with E-state index in [-0.39, 0.29) is 12.1 Å². The van der Waals surface area contributed by atoms with Crippen LogP contribution in [0.25, 0.3) is 0 Å². The average Bonchev–Trinajstić information content (AvgIpc) is 2.34. The second-order valence-corrected chi connectivity index (χ2v) is 3.22. The summed E-state index contributed by atoms with van der Waals surface area (Å²) in [5.74, 6) is -0.892. The molecule has 0 atom stereocenters. The van der Waals surface area contributed by atoms with E-state index in [1.54, 1.807) is 6.07 Å². The highest BCUT2D eigenvalue weighted by Gasteiger charge is 2.07. The normalized spacial score (nSPS) is 9.71. The first-order chi connectivity index (χ1) is 8.13. The zero-order valence-electron chi connectivity index (χ0n) is 9.34. The Hall–Kier alpha value is -2.18. The summed E-state index contributed by atoms with van der Waals surface area (Å²) >= 11 is 0. The summed E-state index contributed by atoms with van der Waals surface area (Å²) in [6.07, 6.45) is 0.594. The molecule has 2 N–H and O–H groups in total. The number of methoxy groups -OCH3 is 1. The van der Waals surface area contributed by atoms with Crippen LogP contribution in [0, 0.1) is 0 Å². The summed E-state index contributed by atoms with van der Waals surface area (Å²) in [6, 6.07) is 3.07. The number of esters is 1. The number of nitrogens with one attached hydrogen (secondary N) is 1. The molecule has 0 radical (unpaired) electrons. The Morgan fingerprint density at radius 2 is 2.18 bits per heavy atom. The van der Waals surface area contributed by atoms with Gasteiger partial charge in [-0.1, -0.05) is 0 Å². The Balaban J connectivity index is 2.40. The Bertz CT molecular complexity index is 391. The molecule has 0 fully saturated rings. The minimum Gasteiger partial charge on any atom is -0.481 e. The Morgan fingerprint density at radius 1 is 1.41 bits per heavy atom. The van der Waals surface area contributed by atoms with Crippen LogP contribution >= 0.6 is 0 Å². The third-order valence-corrected chi connectivity index (χ3v) is 1.93. The van der Waals surface area contributed by atoms with E-state index in [1.165, 1.54) is 13.2 Å². The van der Waals surface area contributed by atoms with Crippen molar-refractivity contribution in [3.8, 4) is 0 Å². The number of carboxylic acids is 1. The molecule has 0 aliphatic rings. The Labute approximate surface area is 97.8 Å². The lowest BCUT2D eigenvalue weighted by atomic mass is 10.3. The molecule has 1 aromatic heterocycles. The fourth-order valence-electron chi connectivity index (χ4n) is 1.10. The molecule has 0 amide bonds. The largest absolute Gasteiger partial charge is 0.481 e. The fraction of sp³-hybridized carbons (Fsp3) is 0.400. The highest BCUT2D eigenvalue weighted by Crippen LogP contribution is 2.03. The summed E-state index contributed by atoms with van der Waals surface area (Å²) in [6.45, 7) is 0.485. The van der Waals surface area contributed by atoms with Gasteiger partial charge in [0.25, 0.3) is 0 Å². The molecule has 17 heavy (non-hydrogen) atoms. The molecular weight excluding hydrogens is 226 g/mol. The number of nitrogens with zero attached hydrogens (tertiary/aromatic N) is 2. The second-order valence-electron chi connectivity index (χ2n) is 3.22. The lowest BCUT2D eigenvalue weighted by molar-refractivity contribution is -0.137. The Kier molecular flexibility index (Phi) is 4.86. The molecule has 0 unspecified atom stereocenters. The van der Waals surface area contributed by atoms with E-state index in [0.29, 0.717) is 18.8 Å². The van der Waals surface area contributed by atoms with Crippen LogP contribution in [0.2, 0.25) is 0 Å². The number of carbonyl (C=O) groups is 2. The van der Waals surface area contributed by atoms with Gasteiger partial charge in [-0.2, -0.15) is 0 Å². The van der Waals surface area contributed by atoms with Gasteiger partial charge in [-0.3, -0.25) is 4.79 Å². The van der Waals surface area contributed by atoms with E-state index in [2.05, 4.69) is 20.3 Å². The van der Waals surface area contributed by atoms with Crippen molar-refractivity contribution in [2.45, 2.75) is 12.8 Å². The lowest BCUT2D eigenvalue weighted by Gasteiger charge is -2.03. The highest BCUT2D eigenvalue weighted by molar-refractivity contribution is 5.86. The molecule has 0 saturated heterocycles. The number of aliphatic carboxylic acids is 1. The molecule has 0 saturated carbocycles. The zero-order chi connectivity index (χ0) is 12.7. The van der Waals surface area contributed by atoms with Gasteiger partial charge in [0.1, 0.15) is 5.82 Å². The van der Waals surface area contributed by atoms with Crippen LogP contribution in [0.3, 0.4) is 0 Å². The lowest BCUT2D eigenvalue weighted by Crippen LogP contribution is -2.09. The molecule has 1 aromatic rings. The number of hydrogen-bond acceptors (Lipinski definition) is 6. The summed E-state index contributed by atoms with van der Waals surface area (Å²) in [5.41, 5.74) is 0.128. The van der Waals surface area contributed by atoms with Crippen LogP contribution in [0.1, 0.15) is 23.3 Å². The maximum atomic E-state index is 11.0. The first-order valence-corrected chi connectivity index (χ1v) is 5.01. The van der Waals surface area contributed by atoms with Gasteiger partial charge in [0.15, 0.2) is 5.69 Å². The molecule has 92 valence electrons. The molecule has 0 aromatic carbocycles. The molecule has 7 nitrogen and oxygen atoms in total. The van der Waals surface area contributed by atoms with Crippen LogP contribution in [0.4, 0.5) is 5.82 Å². The molecule has 7 heteroatoms. The third kappa shape index (κ3) is 4.45. The molecule has 0 aliphatic heterocycles. The molecule has 0 spiro atoms. The van der Waals surface area contributed by atoms with Crippen LogP contribution < -0.4 is 5.32 Å².